The maximum Gasteiger partial charge on any atom is 0.193 e. The summed E-state index contributed by atoms with van der Waals surface area (Å²) in [6.45, 7) is 7.14. The van der Waals surface area contributed by atoms with E-state index in [0.29, 0.717) is 12.7 Å². The summed E-state index contributed by atoms with van der Waals surface area (Å²) >= 11 is 0. The van der Waals surface area contributed by atoms with E-state index in [9.17, 15) is 0 Å². The average Bonchev–Trinajstić information content (AvgIpc) is 2.70. The van der Waals surface area contributed by atoms with Gasteiger partial charge in [-0.2, -0.15) is 0 Å². The lowest BCUT2D eigenvalue weighted by Crippen LogP contribution is -2.47. The molecule has 0 aliphatic carbocycles. The zero-order valence-corrected chi connectivity index (χ0v) is 17.1. The van der Waals surface area contributed by atoms with Crippen LogP contribution in [0, 0.1) is 6.92 Å². The van der Waals surface area contributed by atoms with Gasteiger partial charge in [0.1, 0.15) is 5.75 Å². The lowest BCUT2D eigenvalue weighted by molar-refractivity contribution is 0.00991. The van der Waals surface area contributed by atoms with Crippen molar-refractivity contribution in [3.05, 3.63) is 29.8 Å². The van der Waals surface area contributed by atoms with Gasteiger partial charge in [0.05, 0.1) is 12.7 Å². The van der Waals surface area contributed by atoms with Crippen LogP contribution < -0.4 is 10.1 Å². The molecule has 1 aromatic carbocycles. The molecule has 1 N–H and O–H groups in total. The number of hydrogen-bond acceptors (Lipinski definition) is 4. The summed E-state index contributed by atoms with van der Waals surface area (Å²) in [6, 6.07) is 8.12. The number of para-hydroxylation sites is 1. The van der Waals surface area contributed by atoms with Crippen molar-refractivity contribution in [3.8, 4) is 5.75 Å². The number of piperidine rings is 1. The molecule has 1 fully saturated rings. The van der Waals surface area contributed by atoms with Crippen LogP contribution in [0.1, 0.15) is 31.2 Å². The van der Waals surface area contributed by atoms with Crippen molar-refractivity contribution in [1.82, 2.24) is 10.2 Å². The number of benzene rings is 1. The SMILES string of the molecule is CN=C(NCCCOc1ccccc1C)N1CCC(OCCCOC)CC1. The highest BCUT2D eigenvalue weighted by atomic mass is 16.5. The largest absolute Gasteiger partial charge is 0.493 e. The zero-order chi connectivity index (χ0) is 19.3. The molecule has 0 atom stereocenters. The van der Waals surface area contributed by atoms with Crippen LogP contribution in [0.5, 0.6) is 5.75 Å². The number of hydrogen-bond donors (Lipinski definition) is 1. The van der Waals surface area contributed by atoms with Crippen LogP contribution in [-0.2, 0) is 9.47 Å². The van der Waals surface area contributed by atoms with E-state index in [0.717, 1.165) is 70.2 Å². The summed E-state index contributed by atoms with van der Waals surface area (Å²) in [4.78, 5) is 6.74. The minimum atomic E-state index is 0.360. The van der Waals surface area contributed by atoms with E-state index in [-0.39, 0.29) is 0 Å². The Morgan fingerprint density at radius 1 is 1.15 bits per heavy atom. The van der Waals surface area contributed by atoms with Crippen molar-refractivity contribution in [1.29, 1.82) is 0 Å². The molecule has 6 nitrogen and oxygen atoms in total. The van der Waals surface area contributed by atoms with Gasteiger partial charge in [-0.15, -0.1) is 0 Å². The molecular formula is C21H35N3O3. The minimum Gasteiger partial charge on any atom is -0.493 e. The van der Waals surface area contributed by atoms with Gasteiger partial charge >= 0.3 is 0 Å². The van der Waals surface area contributed by atoms with E-state index in [1.807, 2.05) is 25.2 Å². The Morgan fingerprint density at radius 3 is 2.63 bits per heavy atom. The van der Waals surface area contributed by atoms with E-state index >= 15 is 0 Å². The normalized spacial score (nSPS) is 15.8. The Balaban J connectivity index is 1.60. The van der Waals surface area contributed by atoms with Crippen LogP contribution in [0.4, 0.5) is 0 Å². The number of aliphatic imine (C=N–C) groups is 1. The van der Waals surface area contributed by atoms with Gasteiger partial charge in [-0.3, -0.25) is 4.99 Å². The lowest BCUT2D eigenvalue weighted by atomic mass is 10.1. The van der Waals surface area contributed by atoms with Gasteiger partial charge in [-0.25, -0.2) is 0 Å². The molecule has 0 unspecified atom stereocenters. The molecule has 0 bridgehead atoms. The van der Waals surface area contributed by atoms with Gasteiger partial charge in [0.2, 0.25) is 0 Å². The second-order valence-electron chi connectivity index (χ2n) is 6.85. The third kappa shape index (κ3) is 7.77. The molecular weight excluding hydrogens is 342 g/mol. The Labute approximate surface area is 163 Å². The quantitative estimate of drug-likeness (QED) is 0.386. The third-order valence-electron chi connectivity index (χ3n) is 4.76. The number of likely N-dealkylation sites (tertiary alicyclic amines) is 1. The van der Waals surface area contributed by atoms with Crippen LogP contribution in [0.3, 0.4) is 0 Å². The standard InChI is InChI=1S/C21H35N3O3/c1-18-8-4-5-9-20(18)27-16-6-12-23-21(22-2)24-13-10-19(11-14-24)26-17-7-15-25-3/h4-5,8-9,19H,6-7,10-17H2,1-3H3,(H,22,23). The van der Waals surface area contributed by atoms with Crippen molar-refractivity contribution in [2.45, 2.75) is 38.7 Å². The van der Waals surface area contributed by atoms with Crippen molar-refractivity contribution in [2.75, 3.05) is 53.6 Å². The predicted molar refractivity (Wildman–Crippen MR) is 110 cm³/mol. The highest BCUT2D eigenvalue weighted by Gasteiger charge is 2.21. The number of methoxy groups -OCH3 is 1. The van der Waals surface area contributed by atoms with Gasteiger partial charge in [0.15, 0.2) is 5.96 Å². The number of nitrogens with one attached hydrogen (secondary N) is 1. The van der Waals surface area contributed by atoms with Crippen molar-refractivity contribution < 1.29 is 14.2 Å². The molecule has 1 saturated heterocycles. The summed E-state index contributed by atoms with van der Waals surface area (Å²) in [6.07, 6.45) is 4.35. The summed E-state index contributed by atoms with van der Waals surface area (Å²) in [5, 5.41) is 3.45. The number of ether oxygens (including phenoxy) is 3. The number of rotatable bonds is 10. The average molecular weight is 378 g/mol. The maximum absolute atomic E-state index is 5.93. The van der Waals surface area contributed by atoms with Crippen molar-refractivity contribution >= 4 is 5.96 Å². The van der Waals surface area contributed by atoms with Crippen LogP contribution in [-0.4, -0.2) is 70.6 Å². The molecule has 0 amide bonds. The Kier molecular flexibility index (Phi) is 10.0. The van der Waals surface area contributed by atoms with Gasteiger partial charge < -0.3 is 24.4 Å². The van der Waals surface area contributed by atoms with Crippen LogP contribution in [0.15, 0.2) is 29.3 Å². The highest BCUT2D eigenvalue weighted by Crippen LogP contribution is 2.16. The second kappa shape index (κ2) is 12.6. The van der Waals surface area contributed by atoms with Crippen LogP contribution >= 0.6 is 0 Å². The first-order chi connectivity index (χ1) is 13.2. The van der Waals surface area contributed by atoms with Gasteiger partial charge in [0.25, 0.3) is 0 Å². The highest BCUT2D eigenvalue weighted by molar-refractivity contribution is 5.79. The summed E-state index contributed by atoms with van der Waals surface area (Å²) in [5.41, 5.74) is 1.17. The molecule has 1 aliphatic heterocycles. The predicted octanol–water partition coefficient (Wildman–Crippen LogP) is 2.86. The van der Waals surface area contributed by atoms with E-state index < -0.39 is 0 Å². The molecule has 0 spiro atoms. The number of aryl methyl sites for hydroxylation is 1. The monoisotopic (exact) mass is 377 g/mol. The fourth-order valence-electron chi connectivity index (χ4n) is 3.19. The maximum atomic E-state index is 5.93. The summed E-state index contributed by atoms with van der Waals surface area (Å²) < 4.78 is 16.8. The van der Waals surface area contributed by atoms with E-state index in [2.05, 4.69) is 28.2 Å². The van der Waals surface area contributed by atoms with Gasteiger partial charge in [-0.05, 0) is 44.2 Å². The first-order valence-corrected chi connectivity index (χ1v) is 9.99. The van der Waals surface area contributed by atoms with Gasteiger partial charge in [0, 0.05) is 47.0 Å². The Bertz CT molecular complexity index is 557. The molecule has 2 rings (SSSR count). The fraction of sp³-hybridized carbons (Fsp3) is 0.667. The molecule has 1 heterocycles. The molecule has 27 heavy (non-hydrogen) atoms. The first kappa shape index (κ1) is 21.5. The first-order valence-electron chi connectivity index (χ1n) is 9.99. The molecule has 6 heteroatoms. The molecule has 0 saturated carbocycles. The van der Waals surface area contributed by atoms with Crippen molar-refractivity contribution in [3.63, 3.8) is 0 Å². The zero-order valence-electron chi connectivity index (χ0n) is 17.1. The van der Waals surface area contributed by atoms with E-state index in [4.69, 9.17) is 14.2 Å². The Hall–Kier alpha value is -1.79. The van der Waals surface area contributed by atoms with Crippen LogP contribution in [0.25, 0.3) is 0 Å². The third-order valence-corrected chi connectivity index (χ3v) is 4.76. The topological polar surface area (TPSA) is 55.3 Å². The second-order valence-corrected chi connectivity index (χ2v) is 6.85. The van der Waals surface area contributed by atoms with E-state index in [1.54, 1.807) is 7.11 Å². The van der Waals surface area contributed by atoms with E-state index in [1.165, 1.54) is 5.56 Å². The number of nitrogens with zero attached hydrogens (tertiary/aromatic N) is 2. The molecule has 1 aliphatic rings. The van der Waals surface area contributed by atoms with Crippen LogP contribution in [0.2, 0.25) is 0 Å². The smallest absolute Gasteiger partial charge is 0.193 e. The molecule has 0 aromatic heterocycles. The molecule has 1 aromatic rings. The summed E-state index contributed by atoms with van der Waals surface area (Å²) in [5.74, 6) is 1.94. The lowest BCUT2D eigenvalue weighted by Gasteiger charge is -2.34. The van der Waals surface area contributed by atoms with Crippen molar-refractivity contribution in [2.24, 2.45) is 4.99 Å². The summed E-state index contributed by atoms with van der Waals surface area (Å²) in [7, 11) is 3.57. The molecule has 152 valence electrons. The fourth-order valence-corrected chi connectivity index (χ4v) is 3.19. The Morgan fingerprint density at radius 2 is 1.93 bits per heavy atom. The molecule has 0 radical (unpaired) electrons. The number of guanidine groups is 1. The minimum absolute atomic E-state index is 0.360. The van der Waals surface area contributed by atoms with Gasteiger partial charge in [-0.1, -0.05) is 18.2 Å².